The average Bonchev–Trinajstić information content (AvgIpc) is 2.29. The molecule has 2 unspecified atom stereocenters. The minimum atomic E-state index is -0.115. The number of carbonyl (C=O) groups is 1. The minimum Gasteiger partial charge on any atom is -0.393 e. The van der Waals surface area contributed by atoms with E-state index in [-0.39, 0.29) is 11.5 Å². The molecule has 5 fully saturated rings. The van der Waals surface area contributed by atoms with Crippen molar-refractivity contribution in [3.05, 3.63) is 0 Å². The summed E-state index contributed by atoms with van der Waals surface area (Å²) in [5.41, 5.74) is 0.398. The van der Waals surface area contributed by atoms with Gasteiger partial charge >= 0.3 is 0 Å². The minimum absolute atomic E-state index is 0.0405. The summed E-state index contributed by atoms with van der Waals surface area (Å²) >= 11 is 0. The van der Waals surface area contributed by atoms with Crippen molar-refractivity contribution in [1.82, 2.24) is 5.32 Å². The third-order valence-corrected chi connectivity index (χ3v) is 6.60. The molecule has 3 nitrogen and oxygen atoms in total. The standard InChI is InChI=1S/C17H27NO2/c1-16-5-12-2-13(6-16)8-17(7-12,10-16)15(20)18-9-11-3-14(19)4-11/h11-14,19H,2-10H2,1H3,(H,18,20). The van der Waals surface area contributed by atoms with Crippen LogP contribution in [0.4, 0.5) is 0 Å². The van der Waals surface area contributed by atoms with Gasteiger partial charge in [0.25, 0.3) is 0 Å². The van der Waals surface area contributed by atoms with E-state index in [9.17, 15) is 9.90 Å². The van der Waals surface area contributed by atoms with Crippen LogP contribution in [-0.2, 0) is 4.79 Å². The smallest absolute Gasteiger partial charge is 0.226 e. The van der Waals surface area contributed by atoms with Crippen molar-refractivity contribution in [2.75, 3.05) is 6.54 Å². The SMILES string of the molecule is CC12CC3CC(C1)CC(C(=O)NCC1CC(O)C1)(C3)C2. The van der Waals surface area contributed by atoms with Gasteiger partial charge in [-0.2, -0.15) is 0 Å². The molecule has 0 saturated heterocycles. The Balaban J connectivity index is 1.43. The van der Waals surface area contributed by atoms with E-state index in [1.807, 2.05) is 0 Å². The Morgan fingerprint density at radius 3 is 2.35 bits per heavy atom. The topological polar surface area (TPSA) is 49.3 Å². The first-order chi connectivity index (χ1) is 9.46. The molecule has 0 aromatic heterocycles. The first kappa shape index (κ1) is 13.1. The molecule has 112 valence electrons. The molecule has 5 saturated carbocycles. The first-order valence-corrected chi connectivity index (χ1v) is 8.43. The highest BCUT2D eigenvalue weighted by Crippen LogP contribution is 2.65. The highest BCUT2D eigenvalue weighted by Gasteiger charge is 2.58. The largest absolute Gasteiger partial charge is 0.393 e. The van der Waals surface area contributed by atoms with Gasteiger partial charge in [-0.15, -0.1) is 0 Å². The van der Waals surface area contributed by atoms with Crippen LogP contribution in [-0.4, -0.2) is 23.7 Å². The van der Waals surface area contributed by atoms with Crippen molar-refractivity contribution in [2.45, 2.75) is 64.4 Å². The van der Waals surface area contributed by atoms with Crippen LogP contribution in [0.25, 0.3) is 0 Å². The molecule has 0 heterocycles. The Labute approximate surface area is 121 Å². The molecule has 2 N–H and O–H groups in total. The van der Waals surface area contributed by atoms with Crippen LogP contribution in [0.5, 0.6) is 0 Å². The molecule has 0 radical (unpaired) electrons. The van der Waals surface area contributed by atoms with Crippen LogP contribution in [0, 0.1) is 28.6 Å². The van der Waals surface area contributed by atoms with E-state index in [0.717, 1.165) is 50.5 Å². The van der Waals surface area contributed by atoms with Crippen molar-refractivity contribution < 1.29 is 9.90 Å². The summed E-state index contributed by atoms with van der Waals surface area (Å²) in [7, 11) is 0. The second-order valence-corrected chi connectivity index (χ2v) is 8.75. The summed E-state index contributed by atoms with van der Waals surface area (Å²) in [6.45, 7) is 3.19. The van der Waals surface area contributed by atoms with Crippen molar-refractivity contribution in [3.8, 4) is 0 Å². The van der Waals surface area contributed by atoms with E-state index in [0.29, 0.717) is 17.2 Å². The number of aliphatic hydroxyl groups is 1. The molecular formula is C17H27NO2. The van der Waals surface area contributed by atoms with Crippen LogP contribution in [0.2, 0.25) is 0 Å². The molecule has 5 aliphatic rings. The lowest BCUT2D eigenvalue weighted by atomic mass is 9.44. The summed E-state index contributed by atoms with van der Waals surface area (Å²) < 4.78 is 0. The summed E-state index contributed by atoms with van der Waals surface area (Å²) in [5.74, 6) is 2.45. The summed E-state index contributed by atoms with van der Waals surface area (Å²) in [4.78, 5) is 12.8. The van der Waals surface area contributed by atoms with Crippen LogP contribution < -0.4 is 5.32 Å². The fourth-order valence-corrected chi connectivity index (χ4v) is 6.28. The molecule has 0 aromatic rings. The van der Waals surface area contributed by atoms with Crippen molar-refractivity contribution >= 4 is 5.91 Å². The Morgan fingerprint density at radius 1 is 1.15 bits per heavy atom. The molecule has 20 heavy (non-hydrogen) atoms. The van der Waals surface area contributed by atoms with E-state index in [2.05, 4.69) is 12.2 Å². The molecule has 1 amide bonds. The average molecular weight is 277 g/mol. The molecule has 0 aromatic carbocycles. The Bertz CT molecular complexity index is 413. The number of hydrogen-bond donors (Lipinski definition) is 2. The Morgan fingerprint density at radius 2 is 1.80 bits per heavy atom. The Hall–Kier alpha value is -0.570. The third-order valence-electron chi connectivity index (χ3n) is 6.60. The van der Waals surface area contributed by atoms with Crippen LogP contribution in [0.15, 0.2) is 0 Å². The molecule has 5 aliphatic carbocycles. The zero-order valence-corrected chi connectivity index (χ0v) is 12.5. The van der Waals surface area contributed by atoms with Crippen molar-refractivity contribution in [2.24, 2.45) is 28.6 Å². The monoisotopic (exact) mass is 277 g/mol. The van der Waals surface area contributed by atoms with Gasteiger partial charge in [-0.3, -0.25) is 4.79 Å². The number of carbonyl (C=O) groups excluding carboxylic acids is 1. The summed E-state index contributed by atoms with van der Waals surface area (Å²) in [6.07, 6.45) is 9.10. The third kappa shape index (κ3) is 2.01. The quantitative estimate of drug-likeness (QED) is 0.832. The van der Waals surface area contributed by atoms with Gasteiger partial charge in [-0.1, -0.05) is 6.92 Å². The highest BCUT2D eigenvalue weighted by atomic mass is 16.3. The summed E-state index contributed by atoms with van der Waals surface area (Å²) in [6, 6.07) is 0. The number of aliphatic hydroxyl groups excluding tert-OH is 1. The van der Waals surface area contributed by atoms with Gasteiger partial charge in [0.1, 0.15) is 0 Å². The molecule has 0 aliphatic heterocycles. The van der Waals surface area contributed by atoms with Gasteiger partial charge in [-0.05, 0) is 74.5 Å². The fraction of sp³-hybridized carbons (Fsp3) is 0.941. The zero-order valence-electron chi connectivity index (χ0n) is 12.5. The summed E-state index contributed by atoms with van der Waals surface area (Å²) in [5, 5.41) is 12.6. The molecule has 4 bridgehead atoms. The zero-order chi connectivity index (χ0) is 14.0. The van der Waals surface area contributed by atoms with Gasteiger partial charge in [-0.25, -0.2) is 0 Å². The lowest BCUT2D eigenvalue weighted by molar-refractivity contribution is -0.155. The van der Waals surface area contributed by atoms with Crippen LogP contribution in [0.1, 0.15) is 58.3 Å². The first-order valence-electron chi connectivity index (χ1n) is 8.43. The highest BCUT2D eigenvalue weighted by molar-refractivity contribution is 5.83. The number of amides is 1. The van der Waals surface area contributed by atoms with E-state index >= 15 is 0 Å². The van der Waals surface area contributed by atoms with E-state index in [1.54, 1.807) is 0 Å². The van der Waals surface area contributed by atoms with Gasteiger partial charge in [0.15, 0.2) is 0 Å². The number of nitrogens with one attached hydrogen (secondary N) is 1. The molecule has 2 atom stereocenters. The maximum absolute atomic E-state index is 12.8. The molecule has 5 rings (SSSR count). The van der Waals surface area contributed by atoms with Crippen LogP contribution >= 0.6 is 0 Å². The van der Waals surface area contributed by atoms with E-state index in [1.165, 1.54) is 19.3 Å². The van der Waals surface area contributed by atoms with Gasteiger partial charge < -0.3 is 10.4 Å². The molecular weight excluding hydrogens is 250 g/mol. The predicted octanol–water partition coefficient (Wildman–Crippen LogP) is 2.48. The Kier molecular flexibility index (Phi) is 2.77. The van der Waals surface area contributed by atoms with Gasteiger partial charge in [0, 0.05) is 6.54 Å². The number of hydrogen-bond acceptors (Lipinski definition) is 2. The fourth-order valence-electron chi connectivity index (χ4n) is 6.28. The maximum Gasteiger partial charge on any atom is 0.226 e. The normalized spacial score (nSPS) is 52.7. The van der Waals surface area contributed by atoms with E-state index < -0.39 is 0 Å². The van der Waals surface area contributed by atoms with Gasteiger partial charge in [0.05, 0.1) is 11.5 Å². The second kappa shape index (κ2) is 4.22. The van der Waals surface area contributed by atoms with Gasteiger partial charge in [0.2, 0.25) is 5.91 Å². The molecule has 0 spiro atoms. The van der Waals surface area contributed by atoms with Crippen molar-refractivity contribution in [3.63, 3.8) is 0 Å². The predicted molar refractivity (Wildman–Crippen MR) is 77.0 cm³/mol. The number of rotatable bonds is 3. The lowest BCUT2D eigenvalue weighted by Gasteiger charge is -2.60. The maximum atomic E-state index is 12.8. The molecule has 3 heteroatoms. The van der Waals surface area contributed by atoms with Crippen molar-refractivity contribution in [1.29, 1.82) is 0 Å². The second-order valence-electron chi connectivity index (χ2n) is 8.75. The lowest BCUT2D eigenvalue weighted by Crippen LogP contribution is -2.57. The van der Waals surface area contributed by atoms with Crippen LogP contribution in [0.3, 0.4) is 0 Å². The van der Waals surface area contributed by atoms with E-state index in [4.69, 9.17) is 0 Å².